The van der Waals surface area contributed by atoms with Crippen molar-refractivity contribution in [1.82, 2.24) is 4.98 Å². The molecule has 108 valence electrons. The molecule has 0 atom stereocenters. The lowest BCUT2D eigenvalue weighted by atomic mass is 10.1. The highest BCUT2D eigenvalue weighted by Gasteiger charge is 2.22. The number of rotatable bonds is 4. The molecule has 1 N–H and O–H groups in total. The fraction of sp³-hybridized carbons (Fsp3) is 0.0769. The number of anilines is 1. The Bertz CT molecular complexity index is 706. The molecule has 7 nitrogen and oxygen atoms in total. The number of nitrogens with zero attached hydrogens (tertiary/aromatic N) is 2. The molecule has 2 rings (SSSR count). The normalized spacial score (nSPS) is 10.0. The van der Waals surface area contributed by atoms with E-state index in [-0.39, 0.29) is 17.0 Å². The highest BCUT2D eigenvalue weighted by Crippen LogP contribution is 2.31. The molecule has 0 saturated carbocycles. The van der Waals surface area contributed by atoms with Crippen molar-refractivity contribution in [2.75, 3.05) is 12.4 Å². The number of amides is 1. The molecule has 21 heavy (non-hydrogen) atoms. The molecular formula is C13H10ClN3O4. The average Bonchev–Trinajstić information content (AvgIpc) is 2.48. The topological polar surface area (TPSA) is 94.4 Å². The van der Waals surface area contributed by atoms with Gasteiger partial charge in [0, 0.05) is 12.3 Å². The maximum absolute atomic E-state index is 12.2. The van der Waals surface area contributed by atoms with Crippen molar-refractivity contribution in [2.45, 2.75) is 0 Å². The molecule has 1 aromatic heterocycles. The smallest absolute Gasteiger partial charge is 0.311 e. The van der Waals surface area contributed by atoms with Gasteiger partial charge in [0.1, 0.15) is 0 Å². The SMILES string of the molecule is COc1c(C(=O)Nc2cnccc2Cl)cccc1[N+](=O)[O-]. The molecule has 0 aliphatic heterocycles. The first-order valence-electron chi connectivity index (χ1n) is 5.77. The molecule has 1 heterocycles. The summed E-state index contributed by atoms with van der Waals surface area (Å²) in [6, 6.07) is 5.60. The van der Waals surface area contributed by atoms with Crippen LogP contribution in [0.25, 0.3) is 0 Å². The summed E-state index contributed by atoms with van der Waals surface area (Å²) in [5.41, 5.74) is 0.0479. The summed E-state index contributed by atoms with van der Waals surface area (Å²) in [5.74, 6) is -0.689. The van der Waals surface area contributed by atoms with Gasteiger partial charge in [0.2, 0.25) is 5.75 Å². The Morgan fingerprint density at radius 3 is 2.81 bits per heavy atom. The van der Waals surface area contributed by atoms with E-state index in [1.54, 1.807) is 0 Å². The van der Waals surface area contributed by atoms with Gasteiger partial charge in [-0.1, -0.05) is 17.7 Å². The minimum Gasteiger partial charge on any atom is -0.490 e. The molecule has 8 heteroatoms. The van der Waals surface area contributed by atoms with E-state index >= 15 is 0 Å². The summed E-state index contributed by atoms with van der Waals surface area (Å²) < 4.78 is 4.98. The van der Waals surface area contributed by atoms with E-state index in [1.165, 1.54) is 43.8 Å². The maximum atomic E-state index is 12.2. The van der Waals surface area contributed by atoms with Crippen LogP contribution in [0.1, 0.15) is 10.4 Å². The van der Waals surface area contributed by atoms with Gasteiger partial charge in [-0.2, -0.15) is 0 Å². The molecule has 0 aliphatic rings. The molecular weight excluding hydrogens is 298 g/mol. The third-order valence-corrected chi connectivity index (χ3v) is 2.99. The zero-order valence-electron chi connectivity index (χ0n) is 10.9. The Hall–Kier alpha value is -2.67. The van der Waals surface area contributed by atoms with Crippen LogP contribution in [0.15, 0.2) is 36.7 Å². The molecule has 0 aliphatic carbocycles. The number of nitro groups is 1. The van der Waals surface area contributed by atoms with Crippen LogP contribution < -0.4 is 10.1 Å². The van der Waals surface area contributed by atoms with Crippen molar-refractivity contribution < 1.29 is 14.5 Å². The maximum Gasteiger partial charge on any atom is 0.311 e. The Kier molecular flexibility index (Phi) is 4.34. The van der Waals surface area contributed by atoms with Crippen LogP contribution in [-0.2, 0) is 0 Å². The number of carbonyl (C=O) groups excluding carboxylic acids is 1. The number of ether oxygens (including phenoxy) is 1. The zero-order valence-corrected chi connectivity index (χ0v) is 11.6. The van der Waals surface area contributed by atoms with Crippen molar-refractivity contribution in [3.05, 3.63) is 57.4 Å². The monoisotopic (exact) mass is 307 g/mol. The quantitative estimate of drug-likeness (QED) is 0.692. The number of methoxy groups -OCH3 is 1. The first kappa shape index (κ1) is 14.7. The van der Waals surface area contributed by atoms with E-state index in [2.05, 4.69) is 10.3 Å². The van der Waals surface area contributed by atoms with Gasteiger partial charge in [-0.15, -0.1) is 0 Å². The van der Waals surface area contributed by atoms with Crippen molar-refractivity contribution in [3.63, 3.8) is 0 Å². The number of nitro benzene ring substituents is 1. The van der Waals surface area contributed by atoms with Gasteiger partial charge >= 0.3 is 5.69 Å². The number of halogens is 1. The first-order valence-corrected chi connectivity index (χ1v) is 6.14. The second-order valence-corrected chi connectivity index (χ2v) is 4.33. The lowest BCUT2D eigenvalue weighted by Crippen LogP contribution is -2.14. The number of para-hydroxylation sites is 1. The van der Waals surface area contributed by atoms with Crippen LogP contribution in [0.5, 0.6) is 5.75 Å². The van der Waals surface area contributed by atoms with Gasteiger partial charge in [0.15, 0.2) is 0 Å². The largest absolute Gasteiger partial charge is 0.490 e. The third-order valence-electron chi connectivity index (χ3n) is 2.66. The van der Waals surface area contributed by atoms with Gasteiger partial charge in [-0.25, -0.2) is 0 Å². The van der Waals surface area contributed by atoms with E-state index in [9.17, 15) is 14.9 Å². The number of hydrogen-bond donors (Lipinski definition) is 1. The minimum atomic E-state index is -0.618. The number of carbonyl (C=O) groups is 1. The Balaban J connectivity index is 2.38. The highest BCUT2D eigenvalue weighted by atomic mass is 35.5. The predicted octanol–water partition coefficient (Wildman–Crippen LogP) is 2.90. The molecule has 0 radical (unpaired) electrons. The van der Waals surface area contributed by atoms with Crippen molar-refractivity contribution in [2.24, 2.45) is 0 Å². The number of hydrogen-bond acceptors (Lipinski definition) is 5. The summed E-state index contributed by atoms with van der Waals surface area (Å²) >= 11 is 5.92. The van der Waals surface area contributed by atoms with E-state index in [4.69, 9.17) is 16.3 Å². The van der Waals surface area contributed by atoms with E-state index in [0.29, 0.717) is 10.7 Å². The van der Waals surface area contributed by atoms with Gasteiger partial charge in [-0.05, 0) is 12.1 Å². The highest BCUT2D eigenvalue weighted by molar-refractivity contribution is 6.33. The zero-order chi connectivity index (χ0) is 15.4. The van der Waals surface area contributed by atoms with Gasteiger partial charge in [0.05, 0.1) is 34.5 Å². The number of benzene rings is 1. The van der Waals surface area contributed by atoms with Gasteiger partial charge in [-0.3, -0.25) is 19.9 Å². The lowest BCUT2D eigenvalue weighted by molar-refractivity contribution is -0.385. The van der Waals surface area contributed by atoms with Crippen LogP contribution >= 0.6 is 11.6 Å². The van der Waals surface area contributed by atoms with Crippen LogP contribution in [0.4, 0.5) is 11.4 Å². The summed E-state index contributed by atoms with van der Waals surface area (Å²) in [6.45, 7) is 0. The molecule has 1 aromatic carbocycles. The molecule has 0 saturated heterocycles. The summed E-state index contributed by atoms with van der Waals surface area (Å²) in [4.78, 5) is 26.4. The minimum absolute atomic E-state index is 0.0339. The van der Waals surface area contributed by atoms with E-state index in [1.807, 2.05) is 0 Å². The van der Waals surface area contributed by atoms with Crippen molar-refractivity contribution in [1.29, 1.82) is 0 Å². The van der Waals surface area contributed by atoms with Gasteiger partial charge < -0.3 is 10.1 Å². The molecule has 0 fully saturated rings. The number of pyridine rings is 1. The van der Waals surface area contributed by atoms with Crippen LogP contribution in [0.3, 0.4) is 0 Å². The molecule has 2 aromatic rings. The first-order chi connectivity index (χ1) is 10.0. The second kappa shape index (κ2) is 6.19. The summed E-state index contributed by atoms with van der Waals surface area (Å²) in [7, 11) is 1.26. The van der Waals surface area contributed by atoms with E-state index in [0.717, 1.165) is 0 Å². The third kappa shape index (κ3) is 3.09. The molecule has 0 spiro atoms. The van der Waals surface area contributed by atoms with Crippen molar-refractivity contribution in [3.8, 4) is 5.75 Å². The fourth-order valence-corrected chi connectivity index (χ4v) is 1.87. The lowest BCUT2D eigenvalue weighted by Gasteiger charge is -2.10. The second-order valence-electron chi connectivity index (χ2n) is 3.92. The van der Waals surface area contributed by atoms with Crippen molar-refractivity contribution >= 4 is 28.9 Å². The van der Waals surface area contributed by atoms with Gasteiger partial charge in [0.25, 0.3) is 5.91 Å². The standard InChI is InChI=1S/C13H10ClN3O4/c1-21-12-8(3-2-4-11(12)17(19)20)13(18)16-10-7-15-6-5-9(10)14/h2-7H,1H3,(H,16,18). The molecule has 0 unspecified atom stereocenters. The number of nitrogens with one attached hydrogen (secondary N) is 1. The Morgan fingerprint density at radius 1 is 1.43 bits per heavy atom. The molecule has 1 amide bonds. The summed E-state index contributed by atoms with van der Waals surface area (Å²) in [6.07, 6.45) is 2.86. The predicted molar refractivity (Wildman–Crippen MR) is 76.8 cm³/mol. The average molecular weight is 308 g/mol. The summed E-state index contributed by atoms with van der Waals surface area (Å²) in [5, 5.41) is 13.8. The van der Waals surface area contributed by atoms with Crippen LogP contribution in [0, 0.1) is 10.1 Å². The Morgan fingerprint density at radius 2 is 2.19 bits per heavy atom. The van der Waals surface area contributed by atoms with E-state index < -0.39 is 10.8 Å². The Labute approximate surface area is 124 Å². The number of aromatic nitrogens is 1. The van der Waals surface area contributed by atoms with Crippen LogP contribution in [0.2, 0.25) is 5.02 Å². The van der Waals surface area contributed by atoms with Crippen LogP contribution in [-0.4, -0.2) is 22.9 Å². The fourth-order valence-electron chi connectivity index (χ4n) is 1.72. The molecule has 0 bridgehead atoms.